The van der Waals surface area contributed by atoms with Gasteiger partial charge in [-0.1, -0.05) is 25.4 Å². The summed E-state index contributed by atoms with van der Waals surface area (Å²) in [5.41, 5.74) is -0.847. The zero-order chi connectivity index (χ0) is 16.7. The van der Waals surface area contributed by atoms with Crippen molar-refractivity contribution in [2.75, 3.05) is 12.6 Å². The van der Waals surface area contributed by atoms with Gasteiger partial charge in [-0.05, 0) is 44.9 Å². The molecule has 0 radical (unpaired) electrons. The molecule has 1 saturated carbocycles. The second-order valence-corrected chi connectivity index (χ2v) is 8.01. The first kappa shape index (κ1) is 17.4. The summed E-state index contributed by atoms with van der Waals surface area (Å²) < 4.78 is 10.5. The van der Waals surface area contributed by atoms with Crippen molar-refractivity contribution in [3.8, 4) is 0 Å². The molecule has 126 valence electrons. The number of amides is 1. The van der Waals surface area contributed by atoms with Gasteiger partial charge in [-0.25, -0.2) is 4.79 Å². The average molecular weight is 332 g/mol. The number of halogens is 1. The number of rotatable bonds is 2. The number of nitrogens with zero attached hydrogens (tertiary/aromatic N) is 1. The average Bonchev–Trinajstić information content (AvgIpc) is 2.35. The summed E-state index contributed by atoms with van der Waals surface area (Å²) in [5.74, 6) is -0.333. The zero-order valence-electron chi connectivity index (χ0n) is 14.0. The van der Waals surface area contributed by atoms with Crippen LogP contribution in [0.5, 0.6) is 0 Å². The molecule has 0 spiro atoms. The van der Waals surface area contributed by atoms with Gasteiger partial charge in [0.05, 0.1) is 5.92 Å². The van der Waals surface area contributed by atoms with E-state index in [-0.39, 0.29) is 41.4 Å². The van der Waals surface area contributed by atoms with Gasteiger partial charge in [0, 0.05) is 12.6 Å². The highest BCUT2D eigenvalue weighted by atomic mass is 35.5. The van der Waals surface area contributed by atoms with Crippen molar-refractivity contribution in [3.05, 3.63) is 0 Å². The predicted molar refractivity (Wildman–Crippen MR) is 83.5 cm³/mol. The van der Waals surface area contributed by atoms with Crippen LogP contribution in [0, 0.1) is 17.3 Å². The highest BCUT2D eigenvalue weighted by molar-refractivity contribution is 6.17. The van der Waals surface area contributed by atoms with E-state index in [2.05, 4.69) is 0 Å². The van der Waals surface area contributed by atoms with E-state index in [1.807, 2.05) is 34.6 Å². The van der Waals surface area contributed by atoms with Crippen molar-refractivity contribution in [1.82, 2.24) is 4.90 Å². The van der Waals surface area contributed by atoms with Crippen LogP contribution in [-0.2, 0) is 14.3 Å². The minimum Gasteiger partial charge on any atom is -0.449 e. The van der Waals surface area contributed by atoms with Gasteiger partial charge in [0.2, 0.25) is 0 Å². The van der Waals surface area contributed by atoms with Gasteiger partial charge in [0.15, 0.2) is 6.07 Å². The fraction of sp³-hybridized carbons (Fsp3) is 0.875. The maximum Gasteiger partial charge on any atom is 0.410 e. The third-order valence-corrected chi connectivity index (χ3v) is 4.86. The molecule has 3 unspecified atom stereocenters. The summed E-state index contributed by atoms with van der Waals surface area (Å²) in [5, 5.41) is 0. The Kier molecular flexibility index (Phi) is 4.67. The smallest absolute Gasteiger partial charge is 0.410 e. The molecule has 2 rings (SSSR count). The molecule has 3 atom stereocenters. The van der Waals surface area contributed by atoms with E-state index in [0.29, 0.717) is 6.54 Å². The summed E-state index contributed by atoms with van der Waals surface area (Å²) in [6.45, 7) is 10.3. The standard InChI is InChI=1S/C16H26ClNO4/c1-15(2,3)22-14(20)18-8-6-7-10-11(13(19)21-9-17)16(4,5)12(10)18/h10-12H,6-9H2,1-5H3. The van der Waals surface area contributed by atoms with Crippen molar-refractivity contribution in [3.63, 3.8) is 0 Å². The molecule has 1 aliphatic heterocycles. The molecular formula is C16H26ClNO4. The summed E-state index contributed by atoms with van der Waals surface area (Å²) in [4.78, 5) is 26.4. The fourth-order valence-corrected chi connectivity index (χ4v) is 4.20. The summed E-state index contributed by atoms with van der Waals surface area (Å²) in [7, 11) is 0. The second-order valence-electron chi connectivity index (χ2n) is 7.80. The van der Waals surface area contributed by atoms with Crippen molar-refractivity contribution >= 4 is 23.7 Å². The normalized spacial score (nSPS) is 30.1. The van der Waals surface area contributed by atoms with Crippen LogP contribution < -0.4 is 0 Å². The highest BCUT2D eigenvalue weighted by Gasteiger charge is 2.64. The minimum atomic E-state index is -0.519. The number of hydrogen-bond donors (Lipinski definition) is 0. The molecule has 5 nitrogen and oxygen atoms in total. The van der Waals surface area contributed by atoms with Crippen LogP contribution in [0.1, 0.15) is 47.5 Å². The van der Waals surface area contributed by atoms with E-state index in [4.69, 9.17) is 21.1 Å². The second kappa shape index (κ2) is 5.91. The van der Waals surface area contributed by atoms with Crippen LogP contribution in [0.3, 0.4) is 0 Å². The summed E-state index contributed by atoms with van der Waals surface area (Å²) >= 11 is 5.51. The minimum absolute atomic E-state index is 0.0176. The number of fused-ring (bicyclic) bond motifs is 1. The molecule has 2 aliphatic rings. The molecule has 2 fully saturated rings. The molecule has 1 saturated heterocycles. The van der Waals surface area contributed by atoms with Crippen LogP contribution in [0.2, 0.25) is 0 Å². The lowest BCUT2D eigenvalue weighted by Crippen LogP contribution is -2.70. The Morgan fingerprint density at radius 2 is 1.95 bits per heavy atom. The molecular weight excluding hydrogens is 306 g/mol. The fourth-order valence-electron chi connectivity index (χ4n) is 4.09. The zero-order valence-corrected chi connectivity index (χ0v) is 14.8. The third-order valence-electron chi connectivity index (χ3n) is 4.75. The van der Waals surface area contributed by atoms with E-state index in [9.17, 15) is 9.59 Å². The highest BCUT2D eigenvalue weighted by Crippen LogP contribution is 2.57. The maximum atomic E-state index is 12.5. The lowest BCUT2D eigenvalue weighted by atomic mass is 9.49. The van der Waals surface area contributed by atoms with E-state index < -0.39 is 5.60 Å². The Hall–Kier alpha value is -0.970. The van der Waals surface area contributed by atoms with Crippen LogP contribution in [0.25, 0.3) is 0 Å². The van der Waals surface area contributed by atoms with Gasteiger partial charge < -0.3 is 14.4 Å². The number of carbonyl (C=O) groups is 2. The quantitative estimate of drug-likeness (QED) is 0.575. The first-order chi connectivity index (χ1) is 10.1. The number of likely N-dealkylation sites (tertiary alicyclic amines) is 1. The van der Waals surface area contributed by atoms with Gasteiger partial charge in [0.25, 0.3) is 0 Å². The van der Waals surface area contributed by atoms with E-state index in [0.717, 1.165) is 12.8 Å². The number of ether oxygens (including phenoxy) is 2. The number of carbonyl (C=O) groups excluding carboxylic acids is 2. The predicted octanol–water partition coefficient (Wildman–Crippen LogP) is 3.40. The Morgan fingerprint density at radius 1 is 1.32 bits per heavy atom. The monoisotopic (exact) mass is 331 g/mol. The number of esters is 1. The van der Waals surface area contributed by atoms with E-state index in [1.165, 1.54) is 0 Å². The maximum absolute atomic E-state index is 12.5. The van der Waals surface area contributed by atoms with Crippen LogP contribution in [0.15, 0.2) is 0 Å². The number of alkyl halides is 1. The van der Waals surface area contributed by atoms with Gasteiger partial charge in [0.1, 0.15) is 5.60 Å². The first-order valence-corrected chi connectivity index (χ1v) is 8.35. The Bertz CT molecular complexity index is 458. The van der Waals surface area contributed by atoms with Crippen LogP contribution >= 0.6 is 11.6 Å². The lowest BCUT2D eigenvalue weighted by molar-refractivity contribution is -0.187. The van der Waals surface area contributed by atoms with Crippen molar-refractivity contribution in [2.24, 2.45) is 17.3 Å². The Labute approximate surface area is 137 Å². The molecule has 6 heteroatoms. The summed E-state index contributed by atoms with van der Waals surface area (Å²) in [6, 6.07) is -0.109. The third kappa shape index (κ3) is 3.05. The molecule has 0 aromatic heterocycles. The van der Waals surface area contributed by atoms with E-state index >= 15 is 0 Å². The molecule has 1 heterocycles. The van der Waals surface area contributed by atoms with Crippen LogP contribution in [0.4, 0.5) is 4.79 Å². The van der Waals surface area contributed by atoms with Gasteiger partial charge in [-0.15, -0.1) is 0 Å². The van der Waals surface area contributed by atoms with Gasteiger partial charge in [-0.2, -0.15) is 0 Å². The van der Waals surface area contributed by atoms with Crippen LogP contribution in [-0.4, -0.2) is 41.2 Å². The van der Waals surface area contributed by atoms with Gasteiger partial charge >= 0.3 is 12.1 Å². The van der Waals surface area contributed by atoms with Gasteiger partial charge in [-0.3, -0.25) is 4.79 Å². The Morgan fingerprint density at radius 3 is 2.50 bits per heavy atom. The lowest BCUT2D eigenvalue weighted by Gasteiger charge is -2.62. The molecule has 22 heavy (non-hydrogen) atoms. The van der Waals surface area contributed by atoms with Crippen molar-refractivity contribution in [1.29, 1.82) is 0 Å². The molecule has 0 N–H and O–H groups in total. The molecule has 1 amide bonds. The number of piperidine rings is 1. The topological polar surface area (TPSA) is 55.8 Å². The van der Waals surface area contributed by atoms with E-state index in [1.54, 1.807) is 4.90 Å². The SMILES string of the molecule is CC(C)(C)OC(=O)N1CCCC2C(C(=O)OCCl)C(C)(C)C21. The molecule has 0 aromatic carbocycles. The molecule has 1 aliphatic carbocycles. The van der Waals surface area contributed by atoms with Crippen molar-refractivity contribution in [2.45, 2.75) is 59.1 Å². The summed E-state index contributed by atoms with van der Waals surface area (Å²) in [6.07, 6.45) is 1.51. The molecule has 0 aromatic rings. The first-order valence-electron chi connectivity index (χ1n) is 7.82. The number of hydrogen-bond acceptors (Lipinski definition) is 4. The van der Waals surface area contributed by atoms with Crippen molar-refractivity contribution < 1.29 is 19.1 Å². The Balaban J connectivity index is 2.15. The molecule has 0 bridgehead atoms. The largest absolute Gasteiger partial charge is 0.449 e.